The third-order valence-electron chi connectivity index (χ3n) is 3.54. The molecule has 5 nitrogen and oxygen atoms in total. The number of rotatable bonds is 5. The molecule has 0 atom stereocenters. The van der Waals surface area contributed by atoms with Crippen LogP contribution in [0.1, 0.15) is 28.2 Å². The summed E-state index contributed by atoms with van der Waals surface area (Å²) < 4.78 is 2.04. The molecule has 134 valence electrons. The molecule has 0 fully saturated rings. The lowest BCUT2D eigenvalue weighted by molar-refractivity contribution is 0.462. The van der Waals surface area contributed by atoms with Gasteiger partial charge in [-0.2, -0.15) is 0 Å². The lowest BCUT2D eigenvalue weighted by Gasteiger charge is -2.22. The van der Waals surface area contributed by atoms with Crippen LogP contribution in [0.15, 0.2) is 17.3 Å². The van der Waals surface area contributed by atoms with Gasteiger partial charge in [0.25, 0.3) is 0 Å². The van der Waals surface area contributed by atoms with E-state index in [1.54, 1.807) is 11.3 Å². The number of thiazole rings is 1. The van der Waals surface area contributed by atoms with Gasteiger partial charge in [0.05, 0.1) is 28.8 Å². The second-order valence-corrected chi connectivity index (χ2v) is 7.25. The summed E-state index contributed by atoms with van der Waals surface area (Å²) in [7, 11) is 4.04. The smallest absolute Gasteiger partial charge is 0.194 e. The zero-order valence-corrected chi connectivity index (χ0v) is 18.7. The molecule has 0 saturated heterocycles. The normalized spacial score (nSPS) is 11.3. The van der Waals surface area contributed by atoms with E-state index in [1.807, 2.05) is 44.8 Å². The van der Waals surface area contributed by atoms with E-state index in [0.717, 1.165) is 40.5 Å². The highest BCUT2D eigenvalue weighted by atomic mass is 127. The highest BCUT2D eigenvalue weighted by Gasteiger charge is 2.11. The van der Waals surface area contributed by atoms with Crippen molar-refractivity contribution in [3.63, 3.8) is 0 Å². The van der Waals surface area contributed by atoms with Gasteiger partial charge in [-0.25, -0.2) is 9.98 Å². The molecular weight excluding hydrogens is 457 g/mol. The minimum absolute atomic E-state index is 0. The monoisotopic (exact) mass is 481 g/mol. The van der Waals surface area contributed by atoms with E-state index < -0.39 is 0 Å². The summed E-state index contributed by atoms with van der Waals surface area (Å²) in [6.45, 7) is 8.37. The molecule has 1 N–H and O–H groups in total. The van der Waals surface area contributed by atoms with Crippen LogP contribution in [0.5, 0.6) is 0 Å². The first kappa shape index (κ1) is 21.2. The van der Waals surface area contributed by atoms with E-state index in [1.165, 1.54) is 4.88 Å². The second-order valence-electron chi connectivity index (χ2n) is 5.53. The Kier molecular flexibility index (Phi) is 8.52. The SMILES string of the molecule is CCNC(=NCc1sc(C)nc1C)N(C)Cc1cc(Cl)cn1C.I. The summed E-state index contributed by atoms with van der Waals surface area (Å²) in [5, 5.41) is 5.19. The largest absolute Gasteiger partial charge is 0.357 e. The molecule has 24 heavy (non-hydrogen) atoms. The number of hydrogen-bond donors (Lipinski definition) is 1. The Hall–Kier alpha value is -0.800. The van der Waals surface area contributed by atoms with Crippen molar-refractivity contribution in [2.24, 2.45) is 12.0 Å². The van der Waals surface area contributed by atoms with Crippen LogP contribution in [-0.4, -0.2) is 34.0 Å². The zero-order valence-electron chi connectivity index (χ0n) is 14.8. The molecule has 0 aromatic carbocycles. The molecule has 2 aromatic rings. The van der Waals surface area contributed by atoms with Crippen molar-refractivity contribution in [3.8, 4) is 0 Å². The maximum Gasteiger partial charge on any atom is 0.194 e. The van der Waals surface area contributed by atoms with Crippen molar-refractivity contribution < 1.29 is 0 Å². The number of hydrogen-bond acceptors (Lipinski definition) is 3. The van der Waals surface area contributed by atoms with E-state index >= 15 is 0 Å². The van der Waals surface area contributed by atoms with Crippen molar-refractivity contribution in [2.75, 3.05) is 13.6 Å². The maximum atomic E-state index is 6.06. The molecular formula is C16H25ClIN5S. The standard InChI is InChI=1S/C16H24ClN5S.HI/c1-6-18-16(19-8-15-11(2)20-12(3)23-15)22(5)10-14-7-13(17)9-21(14)4;/h7,9H,6,8,10H2,1-5H3,(H,18,19);1H. The Morgan fingerprint density at radius 1 is 1.46 bits per heavy atom. The van der Waals surface area contributed by atoms with Gasteiger partial charge in [0.2, 0.25) is 0 Å². The van der Waals surface area contributed by atoms with E-state index in [4.69, 9.17) is 16.6 Å². The fourth-order valence-corrected chi connectivity index (χ4v) is 3.51. The molecule has 0 bridgehead atoms. The molecule has 2 aromatic heterocycles. The highest BCUT2D eigenvalue weighted by molar-refractivity contribution is 14.0. The molecule has 0 amide bonds. The first-order valence-corrected chi connectivity index (χ1v) is 8.83. The first-order chi connectivity index (χ1) is 10.9. The van der Waals surface area contributed by atoms with Gasteiger partial charge in [-0.05, 0) is 26.8 Å². The van der Waals surface area contributed by atoms with Gasteiger partial charge in [-0.3, -0.25) is 0 Å². The van der Waals surface area contributed by atoms with Crippen molar-refractivity contribution in [1.29, 1.82) is 0 Å². The molecule has 0 radical (unpaired) electrons. The number of aromatic nitrogens is 2. The van der Waals surface area contributed by atoms with Crippen molar-refractivity contribution >= 4 is 52.9 Å². The minimum atomic E-state index is 0. The third-order valence-corrected chi connectivity index (χ3v) is 4.81. The van der Waals surface area contributed by atoms with E-state index in [9.17, 15) is 0 Å². The summed E-state index contributed by atoms with van der Waals surface area (Å²) in [6, 6.07) is 1.98. The topological polar surface area (TPSA) is 45.5 Å². The summed E-state index contributed by atoms with van der Waals surface area (Å²) in [6.07, 6.45) is 1.91. The Labute approximate surface area is 170 Å². The van der Waals surface area contributed by atoms with E-state index in [0.29, 0.717) is 6.54 Å². The van der Waals surface area contributed by atoms with Crippen molar-refractivity contribution in [1.82, 2.24) is 19.8 Å². The molecule has 2 heterocycles. The van der Waals surface area contributed by atoms with Gasteiger partial charge >= 0.3 is 0 Å². The second kappa shape index (κ2) is 9.62. The molecule has 0 saturated carbocycles. The fourth-order valence-electron chi connectivity index (χ4n) is 2.38. The number of halogens is 2. The molecule has 2 rings (SSSR count). The summed E-state index contributed by atoms with van der Waals surface area (Å²) in [4.78, 5) is 12.5. The minimum Gasteiger partial charge on any atom is -0.357 e. The van der Waals surface area contributed by atoms with Crippen molar-refractivity contribution in [2.45, 2.75) is 33.9 Å². The van der Waals surface area contributed by atoms with Crippen LogP contribution in [-0.2, 0) is 20.1 Å². The molecule has 0 aliphatic rings. The molecule has 0 aliphatic carbocycles. The van der Waals surface area contributed by atoms with Crippen molar-refractivity contribution in [3.05, 3.63) is 38.6 Å². The Bertz CT molecular complexity index is 695. The number of aliphatic imine (C=N–C) groups is 1. The average Bonchev–Trinajstić information content (AvgIpc) is 2.96. The molecule has 0 aliphatic heterocycles. The average molecular weight is 482 g/mol. The number of nitrogens with one attached hydrogen (secondary N) is 1. The summed E-state index contributed by atoms with van der Waals surface area (Å²) in [5.41, 5.74) is 2.22. The summed E-state index contributed by atoms with van der Waals surface area (Å²) >= 11 is 7.77. The third kappa shape index (κ3) is 5.63. The molecule has 0 spiro atoms. The van der Waals surface area contributed by atoms with Crippen LogP contribution in [0.4, 0.5) is 0 Å². The van der Waals surface area contributed by atoms with Crippen LogP contribution in [0.25, 0.3) is 0 Å². The maximum absolute atomic E-state index is 6.06. The van der Waals surface area contributed by atoms with Gasteiger partial charge in [-0.1, -0.05) is 11.6 Å². The number of aryl methyl sites for hydroxylation is 3. The van der Waals surface area contributed by atoms with E-state index in [2.05, 4.69) is 22.1 Å². The Morgan fingerprint density at radius 3 is 2.67 bits per heavy atom. The van der Waals surface area contributed by atoms with Crippen LogP contribution in [0.3, 0.4) is 0 Å². The predicted octanol–water partition coefficient (Wildman–Crippen LogP) is 3.97. The lowest BCUT2D eigenvalue weighted by atomic mass is 10.4. The fraction of sp³-hybridized carbons (Fsp3) is 0.500. The Balaban J connectivity index is 0.00000288. The lowest BCUT2D eigenvalue weighted by Crippen LogP contribution is -2.38. The molecule has 8 heteroatoms. The predicted molar refractivity (Wildman–Crippen MR) is 114 cm³/mol. The quantitative estimate of drug-likeness (QED) is 0.399. The van der Waals surface area contributed by atoms with Crippen LogP contribution in [0.2, 0.25) is 5.02 Å². The van der Waals surface area contributed by atoms with Crippen LogP contribution >= 0.6 is 46.9 Å². The van der Waals surface area contributed by atoms with Gasteiger partial charge in [0.1, 0.15) is 0 Å². The van der Waals surface area contributed by atoms with Gasteiger partial charge in [-0.15, -0.1) is 35.3 Å². The summed E-state index contributed by atoms with van der Waals surface area (Å²) in [5.74, 6) is 0.885. The van der Waals surface area contributed by atoms with E-state index in [-0.39, 0.29) is 24.0 Å². The van der Waals surface area contributed by atoms with Crippen LogP contribution in [0, 0.1) is 13.8 Å². The number of nitrogens with zero attached hydrogens (tertiary/aromatic N) is 4. The van der Waals surface area contributed by atoms with Gasteiger partial charge in [0, 0.05) is 37.4 Å². The Morgan fingerprint density at radius 2 is 2.17 bits per heavy atom. The first-order valence-electron chi connectivity index (χ1n) is 7.63. The van der Waals surface area contributed by atoms with Gasteiger partial charge in [0.15, 0.2) is 5.96 Å². The number of guanidine groups is 1. The highest BCUT2D eigenvalue weighted by Crippen LogP contribution is 2.18. The molecule has 0 unspecified atom stereocenters. The van der Waals surface area contributed by atoms with Gasteiger partial charge < -0.3 is 14.8 Å². The zero-order chi connectivity index (χ0) is 17.0. The van der Waals surface area contributed by atoms with Crippen LogP contribution < -0.4 is 5.32 Å².